The molecule has 1 amide bonds. The Kier molecular flexibility index (Phi) is 6.25. The Morgan fingerprint density at radius 2 is 1.82 bits per heavy atom. The van der Waals surface area contributed by atoms with E-state index in [-0.39, 0.29) is 31.3 Å². The molecule has 0 heterocycles. The Hall–Kier alpha value is -2.32. The summed E-state index contributed by atoms with van der Waals surface area (Å²) in [6.07, 6.45) is -1.26. The van der Waals surface area contributed by atoms with Gasteiger partial charge in [-0.1, -0.05) is 0 Å². The molecule has 2 saturated carbocycles. The standard InChI is InChI=1S/C19H29NO8/c1-7-26-16(23)19(20-17(24)28-18(3,4)5)9-12(27-10(2)21)14-11(15(14)19)8-13(22)25-6/h11-12,14-15H,7-9H2,1-6H3,(H,20,24)/t11-,12-,14+,15+,19-/m0/s1. The van der Waals surface area contributed by atoms with Crippen LogP contribution in [0.5, 0.6) is 0 Å². The van der Waals surface area contributed by atoms with Gasteiger partial charge in [-0.2, -0.15) is 0 Å². The van der Waals surface area contributed by atoms with E-state index in [0.717, 1.165) is 0 Å². The molecule has 0 bridgehead atoms. The molecular formula is C19H29NO8. The molecule has 0 aromatic carbocycles. The van der Waals surface area contributed by atoms with E-state index < -0.39 is 47.2 Å². The van der Waals surface area contributed by atoms with E-state index in [0.29, 0.717) is 0 Å². The number of carbonyl (C=O) groups excluding carboxylic acids is 4. The minimum Gasteiger partial charge on any atom is -0.469 e. The second-order valence-corrected chi connectivity index (χ2v) is 8.22. The Bertz CT molecular complexity index is 655. The number of hydrogen-bond acceptors (Lipinski definition) is 8. The van der Waals surface area contributed by atoms with Crippen molar-refractivity contribution in [3.8, 4) is 0 Å². The Labute approximate surface area is 164 Å². The zero-order chi connectivity index (χ0) is 21.3. The largest absolute Gasteiger partial charge is 0.469 e. The van der Waals surface area contributed by atoms with E-state index in [1.54, 1.807) is 27.7 Å². The van der Waals surface area contributed by atoms with Gasteiger partial charge in [0, 0.05) is 31.6 Å². The number of esters is 3. The third-order valence-corrected chi connectivity index (χ3v) is 5.06. The fraction of sp³-hybridized carbons (Fsp3) is 0.789. The lowest BCUT2D eigenvalue weighted by Gasteiger charge is -2.33. The van der Waals surface area contributed by atoms with Crippen molar-refractivity contribution >= 4 is 24.0 Å². The summed E-state index contributed by atoms with van der Waals surface area (Å²) in [5.74, 6) is -2.49. The molecule has 1 N–H and O–H groups in total. The van der Waals surface area contributed by atoms with Crippen molar-refractivity contribution in [3.05, 3.63) is 0 Å². The first-order valence-corrected chi connectivity index (χ1v) is 9.37. The first kappa shape index (κ1) is 22.0. The third-order valence-electron chi connectivity index (χ3n) is 5.06. The molecule has 2 fully saturated rings. The van der Waals surface area contributed by atoms with Crippen LogP contribution in [-0.4, -0.2) is 55.0 Å². The summed E-state index contributed by atoms with van der Waals surface area (Å²) >= 11 is 0. The molecule has 2 aliphatic carbocycles. The number of rotatable bonds is 6. The highest BCUT2D eigenvalue weighted by Crippen LogP contribution is 2.64. The normalized spacial score (nSPS) is 30.6. The van der Waals surface area contributed by atoms with Crippen molar-refractivity contribution in [1.82, 2.24) is 5.32 Å². The molecule has 0 unspecified atom stereocenters. The van der Waals surface area contributed by atoms with Gasteiger partial charge < -0.3 is 24.3 Å². The van der Waals surface area contributed by atoms with Crippen LogP contribution < -0.4 is 5.32 Å². The molecule has 28 heavy (non-hydrogen) atoms. The molecule has 5 atom stereocenters. The predicted octanol–water partition coefficient (Wildman–Crippen LogP) is 1.57. The maximum absolute atomic E-state index is 12.9. The molecule has 0 aliphatic heterocycles. The quantitative estimate of drug-likeness (QED) is 0.528. The topological polar surface area (TPSA) is 117 Å². The highest BCUT2D eigenvalue weighted by atomic mass is 16.6. The van der Waals surface area contributed by atoms with Gasteiger partial charge in [0.25, 0.3) is 0 Å². The lowest BCUT2D eigenvalue weighted by atomic mass is 9.88. The SMILES string of the molecule is CCOC(=O)[C@]1(NC(=O)OC(C)(C)C)C[C@H](OC(C)=O)[C@H]2[C@H](CC(=O)OC)[C@H]21. The number of fused-ring (bicyclic) bond motifs is 1. The molecule has 0 aromatic heterocycles. The summed E-state index contributed by atoms with van der Waals surface area (Å²) < 4.78 is 20.7. The van der Waals surface area contributed by atoms with Gasteiger partial charge in [0.05, 0.1) is 13.7 Å². The number of hydrogen-bond donors (Lipinski definition) is 1. The van der Waals surface area contributed by atoms with E-state index in [1.807, 2.05) is 0 Å². The average molecular weight is 399 g/mol. The first-order chi connectivity index (χ1) is 12.9. The van der Waals surface area contributed by atoms with Crippen molar-refractivity contribution in [1.29, 1.82) is 0 Å². The molecule has 0 spiro atoms. The maximum atomic E-state index is 12.9. The van der Waals surface area contributed by atoms with Crippen LogP contribution in [0.25, 0.3) is 0 Å². The van der Waals surface area contributed by atoms with Crippen molar-refractivity contribution in [2.45, 2.75) is 64.7 Å². The number of amides is 1. The van der Waals surface area contributed by atoms with E-state index >= 15 is 0 Å². The van der Waals surface area contributed by atoms with Crippen molar-refractivity contribution in [2.75, 3.05) is 13.7 Å². The van der Waals surface area contributed by atoms with Crippen LogP contribution in [0.2, 0.25) is 0 Å². The van der Waals surface area contributed by atoms with Crippen LogP contribution in [0.1, 0.15) is 47.5 Å². The van der Waals surface area contributed by atoms with Crippen LogP contribution in [-0.2, 0) is 33.3 Å². The van der Waals surface area contributed by atoms with E-state index in [4.69, 9.17) is 18.9 Å². The zero-order valence-corrected chi connectivity index (χ0v) is 17.2. The van der Waals surface area contributed by atoms with Crippen molar-refractivity contribution in [2.24, 2.45) is 17.8 Å². The van der Waals surface area contributed by atoms with Crippen LogP contribution in [0.4, 0.5) is 4.79 Å². The molecule has 2 rings (SSSR count). The highest BCUT2D eigenvalue weighted by Gasteiger charge is 2.75. The second kappa shape index (κ2) is 7.97. The average Bonchev–Trinajstić information content (AvgIpc) is 3.15. The maximum Gasteiger partial charge on any atom is 0.408 e. The van der Waals surface area contributed by atoms with Gasteiger partial charge in [0.15, 0.2) is 0 Å². The van der Waals surface area contributed by atoms with Crippen LogP contribution in [0.15, 0.2) is 0 Å². The van der Waals surface area contributed by atoms with Gasteiger partial charge in [0.2, 0.25) is 0 Å². The lowest BCUT2D eigenvalue weighted by molar-refractivity contribution is -0.156. The van der Waals surface area contributed by atoms with Gasteiger partial charge >= 0.3 is 24.0 Å². The van der Waals surface area contributed by atoms with Gasteiger partial charge in [-0.05, 0) is 33.6 Å². The number of methoxy groups -OCH3 is 1. The molecule has 2 aliphatic rings. The van der Waals surface area contributed by atoms with E-state index in [2.05, 4.69) is 5.32 Å². The summed E-state index contributed by atoms with van der Waals surface area (Å²) in [7, 11) is 1.28. The van der Waals surface area contributed by atoms with Crippen LogP contribution >= 0.6 is 0 Å². The van der Waals surface area contributed by atoms with Crippen molar-refractivity contribution < 1.29 is 38.1 Å². The Morgan fingerprint density at radius 1 is 1.18 bits per heavy atom. The minimum absolute atomic E-state index is 0.0563. The number of carbonyl (C=O) groups is 4. The van der Waals surface area contributed by atoms with E-state index in [1.165, 1.54) is 14.0 Å². The predicted molar refractivity (Wildman–Crippen MR) is 96.0 cm³/mol. The Balaban J connectivity index is 2.33. The zero-order valence-electron chi connectivity index (χ0n) is 17.2. The summed E-state index contributed by atoms with van der Waals surface area (Å²) in [6.45, 7) is 8.18. The molecule has 0 radical (unpaired) electrons. The lowest BCUT2D eigenvalue weighted by Crippen LogP contribution is -2.58. The molecule has 0 aromatic rings. The van der Waals surface area contributed by atoms with Gasteiger partial charge in [0.1, 0.15) is 17.2 Å². The van der Waals surface area contributed by atoms with Gasteiger partial charge in [-0.3, -0.25) is 9.59 Å². The molecule has 158 valence electrons. The van der Waals surface area contributed by atoms with Crippen LogP contribution in [0, 0.1) is 17.8 Å². The minimum atomic E-state index is -1.43. The van der Waals surface area contributed by atoms with Crippen LogP contribution in [0.3, 0.4) is 0 Å². The fourth-order valence-electron chi connectivity index (χ4n) is 4.21. The molecule has 9 nitrogen and oxygen atoms in total. The third kappa shape index (κ3) is 4.56. The number of nitrogens with one attached hydrogen (secondary N) is 1. The van der Waals surface area contributed by atoms with E-state index in [9.17, 15) is 19.2 Å². The smallest absolute Gasteiger partial charge is 0.408 e. The van der Waals surface area contributed by atoms with Gasteiger partial charge in [-0.25, -0.2) is 9.59 Å². The monoisotopic (exact) mass is 399 g/mol. The van der Waals surface area contributed by atoms with Gasteiger partial charge in [-0.15, -0.1) is 0 Å². The molecular weight excluding hydrogens is 370 g/mol. The summed E-state index contributed by atoms with van der Waals surface area (Å²) in [6, 6.07) is 0. The summed E-state index contributed by atoms with van der Waals surface area (Å²) in [5, 5.41) is 2.67. The number of ether oxygens (including phenoxy) is 4. The summed E-state index contributed by atoms with van der Waals surface area (Å²) in [5.41, 5.74) is -2.19. The Morgan fingerprint density at radius 3 is 2.32 bits per heavy atom. The van der Waals surface area contributed by atoms with Crippen molar-refractivity contribution in [3.63, 3.8) is 0 Å². The second-order valence-electron chi connectivity index (χ2n) is 8.22. The first-order valence-electron chi connectivity index (χ1n) is 9.37. The fourth-order valence-corrected chi connectivity index (χ4v) is 4.21. The highest BCUT2D eigenvalue weighted by molar-refractivity contribution is 5.88. The molecule has 9 heteroatoms. The summed E-state index contributed by atoms with van der Waals surface area (Å²) in [4.78, 5) is 48.7. The number of alkyl carbamates (subject to hydrolysis) is 1. The molecule has 0 saturated heterocycles.